The van der Waals surface area contributed by atoms with Gasteiger partial charge in [-0.1, -0.05) is 0 Å². The van der Waals surface area contributed by atoms with Gasteiger partial charge in [0.05, 0.1) is 24.2 Å². The third-order valence-corrected chi connectivity index (χ3v) is 3.65. The largest absolute Gasteiger partial charge is 0.372 e. The maximum absolute atomic E-state index is 10.8. The molecule has 1 radical (unpaired) electrons. The van der Waals surface area contributed by atoms with Gasteiger partial charge in [0.2, 0.25) is 0 Å². The molecular weight excluding hydrogens is 284 g/mol. The van der Waals surface area contributed by atoms with Crippen molar-refractivity contribution in [2.24, 2.45) is 0 Å². The topological polar surface area (TPSA) is 114 Å². The molecule has 0 aromatic heterocycles. The molecule has 2 saturated heterocycles. The molecule has 1 aromatic carbocycles. The van der Waals surface area contributed by atoms with Gasteiger partial charge in [-0.05, 0) is 17.7 Å². The van der Waals surface area contributed by atoms with Gasteiger partial charge in [-0.25, -0.2) is 0 Å². The molecule has 0 amide bonds. The molecule has 21 heavy (non-hydrogen) atoms. The number of ether oxygens (including phenoxy) is 2. The monoisotopic (exact) mass is 295 g/mol. The average Bonchev–Trinajstić information content (AvgIpc) is 3.01. The third kappa shape index (κ3) is 2.52. The van der Waals surface area contributed by atoms with E-state index in [4.69, 9.17) is 9.47 Å². The van der Waals surface area contributed by atoms with Crippen LogP contribution >= 0.6 is 0 Å². The van der Waals surface area contributed by atoms with Crippen molar-refractivity contribution < 1.29 is 24.3 Å². The first-order valence-corrected chi connectivity index (χ1v) is 6.26. The fraction of sp³-hybridized carbons (Fsp3) is 0.500. The molecule has 2 aliphatic heterocycles. The molecule has 1 aromatic rings. The van der Waals surface area contributed by atoms with E-state index in [1.165, 1.54) is 18.2 Å². The molecule has 2 fully saturated rings. The molecule has 4 atom stereocenters. The number of nitro groups is 1. The fourth-order valence-electron chi connectivity index (χ4n) is 2.73. The number of nitro benzene ring substituents is 1. The molecule has 3 rings (SSSR count). The van der Waals surface area contributed by atoms with Gasteiger partial charge in [0.1, 0.15) is 6.10 Å². The summed E-state index contributed by atoms with van der Waals surface area (Å²) in [6.45, 7) is 0.312. The van der Waals surface area contributed by atoms with Gasteiger partial charge in [0.15, 0.2) is 6.10 Å². The van der Waals surface area contributed by atoms with Crippen molar-refractivity contribution in [2.45, 2.75) is 24.2 Å². The van der Waals surface area contributed by atoms with Crippen LogP contribution in [0.1, 0.15) is 11.5 Å². The number of rotatable bonds is 4. The SMILES string of the molecule is O=[N+]([O-])O[C@@H]1CO[C@H]2[C@@H]1OC[C@H]2c1[c]ccc([N+](=O)[O-])c1. The maximum Gasteiger partial charge on any atom is 0.294 e. The highest BCUT2D eigenvalue weighted by Crippen LogP contribution is 2.38. The second-order valence-corrected chi connectivity index (χ2v) is 4.83. The van der Waals surface area contributed by atoms with E-state index < -0.39 is 28.3 Å². The first kappa shape index (κ1) is 13.7. The van der Waals surface area contributed by atoms with Crippen LogP contribution in [0.3, 0.4) is 0 Å². The third-order valence-electron chi connectivity index (χ3n) is 3.65. The smallest absolute Gasteiger partial charge is 0.294 e. The predicted octanol–water partition coefficient (Wildman–Crippen LogP) is 0.853. The summed E-state index contributed by atoms with van der Waals surface area (Å²) in [6.07, 6.45) is -1.74. The van der Waals surface area contributed by atoms with Gasteiger partial charge in [0.25, 0.3) is 10.8 Å². The van der Waals surface area contributed by atoms with E-state index in [-0.39, 0.29) is 24.8 Å². The Bertz CT molecular complexity index is 578. The van der Waals surface area contributed by atoms with Crippen molar-refractivity contribution in [1.29, 1.82) is 0 Å². The quantitative estimate of drug-likeness (QED) is 0.597. The molecule has 2 heterocycles. The Hall–Kier alpha value is -2.26. The van der Waals surface area contributed by atoms with E-state index in [1.54, 1.807) is 0 Å². The van der Waals surface area contributed by atoms with Gasteiger partial charge in [-0.3, -0.25) is 10.1 Å². The van der Waals surface area contributed by atoms with Crippen LogP contribution in [0, 0.1) is 26.3 Å². The van der Waals surface area contributed by atoms with Crippen molar-refractivity contribution in [1.82, 2.24) is 0 Å². The minimum Gasteiger partial charge on any atom is -0.372 e. The van der Waals surface area contributed by atoms with Crippen LogP contribution in [0.5, 0.6) is 0 Å². The van der Waals surface area contributed by atoms with Gasteiger partial charge < -0.3 is 14.3 Å². The van der Waals surface area contributed by atoms with E-state index in [2.05, 4.69) is 10.9 Å². The molecule has 111 valence electrons. The average molecular weight is 295 g/mol. The lowest BCUT2D eigenvalue weighted by molar-refractivity contribution is -0.769. The minimum absolute atomic E-state index is 0.0386. The van der Waals surface area contributed by atoms with Crippen LogP contribution in [-0.2, 0) is 14.3 Å². The van der Waals surface area contributed by atoms with Crippen LogP contribution in [0.2, 0.25) is 0 Å². The second kappa shape index (κ2) is 5.26. The van der Waals surface area contributed by atoms with Crippen LogP contribution in [-0.4, -0.2) is 41.5 Å². The summed E-state index contributed by atoms with van der Waals surface area (Å²) in [4.78, 5) is 25.2. The normalized spacial score (nSPS) is 30.9. The van der Waals surface area contributed by atoms with Crippen molar-refractivity contribution in [3.05, 3.63) is 50.1 Å². The van der Waals surface area contributed by atoms with Crippen LogP contribution < -0.4 is 0 Å². The molecule has 2 aliphatic rings. The number of non-ortho nitro benzene ring substituents is 1. The van der Waals surface area contributed by atoms with Gasteiger partial charge >= 0.3 is 0 Å². The van der Waals surface area contributed by atoms with E-state index in [0.717, 1.165) is 0 Å². The van der Waals surface area contributed by atoms with Crippen LogP contribution in [0.15, 0.2) is 18.2 Å². The number of benzene rings is 1. The zero-order valence-corrected chi connectivity index (χ0v) is 10.7. The summed E-state index contributed by atoms with van der Waals surface area (Å²) in [6, 6.07) is 7.18. The van der Waals surface area contributed by atoms with Crippen LogP contribution in [0.4, 0.5) is 5.69 Å². The molecule has 0 saturated carbocycles. The molecule has 0 bridgehead atoms. The molecule has 0 N–H and O–H groups in total. The molecule has 0 unspecified atom stereocenters. The lowest BCUT2D eigenvalue weighted by Gasteiger charge is -2.15. The Balaban J connectivity index is 1.78. The van der Waals surface area contributed by atoms with E-state index in [1.807, 2.05) is 0 Å². The Kier molecular flexibility index (Phi) is 3.43. The Morgan fingerprint density at radius 2 is 2.00 bits per heavy atom. The summed E-state index contributed by atoms with van der Waals surface area (Å²) in [7, 11) is 0. The molecule has 9 nitrogen and oxygen atoms in total. The summed E-state index contributed by atoms with van der Waals surface area (Å²) in [5.41, 5.74) is 0.557. The number of hydrogen-bond donors (Lipinski definition) is 0. The van der Waals surface area contributed by atoms with Gasteiger partial charge in [-0.2, -0.15) is 0 Å². The predicted molar refractivity (Wildman–Crippen MR) is 66.0 cm³/mol. The maximum atomic E-state index is 10.8. The highest BCUT2D eigenvalue weighted by atomic mass is 17.0. The van der Waals surface area contributed by atoms with Crippen LogP contribution in [0.25, 0.3) is 0 Å². The van der Waals surface area contributed by atoms with E-state index in [0.29, 0.717) is 5.56 Å². The standard InChI is InChI=1S/C12H11N2O7/c15-13(16)8-3-1-2-7(4-8)9-5-19-12-10(21-14(17)18)6-20-11(9)12/h1,3-4,9-12H,5-6H2/t9-,10+,11+,12+/m0/s1. The Labute approximate surface area is 118 Å². The highest BCUT2D eigenvalue weighted by molar-refractivity contribution is 5.36. The zero-order chi connectivity index (χ0) is 15.0. The van der Waals surface area contributed by atoms with Gasteiger partial charge in [-0.15, -0.1) is 10.1 Å². The van der Waals surface area contributed by atoms with Crippen molar-refractivity contribution in [3.63, 3.8) is 0 Å². The summed E-state index contributed by atoms with van der Waals surface area (Å²) < 4.78 is 11.0. The molecule has 0 spiro atoms. The number of hydrogen-bond acceptors (Lipinski definition) is 7. The first-order valence-electron chi connectivity index (χ1n) is 6.26. The number of nitrogens with zero attached hydrogens (tertiary/aromatic N) is 2. The molecule has 9 heteroatoms. The second-order valence-electron chi connectivity index (χ2n) is 4.83. The lowest BCUT2D eigenvalue weighted by Crippen LogP contribution is -2.32. The first-order chi connectivity index (χ1) is 10.1. The minimum atomic E-state index is -0.868. The van der Waals surface area contributed by atoms with Crippen molar-refractivity contribution >= 4 is 5.69 Å². The van der Waals surface area contributed by atoms with Gasteiger partial charge in [0, 0.05) is 18.1 Å². The Morgan fingerprint density at radius 1 is 1.24 bits per heavy atom. The molecule has 0 aliphatic carbocycles. The summed E-state index contributed by atoms with van der Waals surface area (Å²) in [5, 5.41) is 20.3. The van der Waals surface area contributed by atoms with E-state index >= 15 is 0 Å². The fourth-order valence-corrected chi connectivity index (χ4v) is 2.73. The summed E-state index contributed by atoms with van der Waals surface area (Å²) >= 11 is 0. The Morgan fingerprint density at radius 3 is 2.71 bits per heavy atom. The van der Waals surface area contributed by atoms with Crippen molar-refractivity contribution in [2.75, 3.05) is 13.2 Å². The molecular formula is C12H11N2O7. The highest BCUT2D eigenvalue weighted by Gasteiger charge is 2.49. The van der Waals surface area contributed by atoms with Crippen molar-refractivity contribution in [3.8, 4) is 0 Å². The summed E-state index contributed by atoms with van der Waals surface area (Å²) in [5.74, 6) is -0.254. The lowest BCUT2D eigenvalue weighted by atomic mass is 9.93. The van der Waals surface area contributed by atoms with E-state index in [9.17, 15) is 20.2 Å². The zero-order valence-electron chi connectivity index (χ0n) is 10.7. The number of fused-ring (bicyclic) bond motifs is 1.